The molecule has 0 aromatic heterocycles. The van der Waals surface area contributed by atoms with Crippen molar-refractivity contribution in [1.29, 1.82) is 0 Å². The minimum Gasteiger partial charge on any atom is -0.350 e. The molecule has 3 aromatic rings. The molecule has 3 rings (SSSR count). The third-order valence-electron chi connectivity index (χ3n) is 5.74. The van der Waals surface area contributed by atoms with Crippen LogP contribution in [0.15, 0.2) is 72.8 Å². The normalized spacial score (nSPS) is 12.2. The van der Waals surface area contributed by atoms with E-state index in [0.29, 0.717) is 28.8 Å². The fourth-order valence-corrected chi connectivity index (χ4v) is 5.65. The fourth-order valence-electron chi connectivity index (χ4n) is 4.01. The van der Waals surface area contributed by atoms with E-state index < -0.39 is 11.6 Å². The molecule has 4 nitrogen and oxygen atoms in total. The molecule has 0 fully saturated rings. The Hall–Kier alpha value is -2.47. The standard InChI is InChI=1S/C30H34Cl2N2O2S/c1-21-10-8-13-23(16-21)18-34(28(35)20-37-19-24-25(31)14-9-15-26(24)32)27(29(36)33-30(2,3)4)17-22-11-6-5-7-12-22/h5-16,27H,17-20H2,1-4H3,(H,33,36)/t27-/m1/s1. The number of benzene rings is 3. The lowest BCUT2D eigenvalue weighted by atomic mass is 10.0. The second kappa shape index (κ2) is 13.4. The number of thioether (sulfide) groups is 1. The van der Waals surface area contributed by atoms with Crippen molar-refractivity contribution in [3.05, 3.63) is 105 Å². The Morgan fingerprint density at radius 2 is 1.54 bits per heavy atom. The Morgan fingerprint density at radius 3 is 2.16 bits per heavy atom. The Balaban J connectivity index is 1.89. The number of carbonyl (C=O) groups excluding carboxylic acids is 2. The van der Waals surface area contributed by atoms with E-state index in [1.807, 2.05) is 76.2 Å². The maximum absolute atomic E-state index is 13.8. The smallest absolute Gasteiger partial charge is 0.243 e. The van der Waals surface area contributed by atoms with Gasteiger partial charge in [0.05, 0.1) is 5.75 Å². The average Bonchev–Trinajstić information content (AvgIpc) is 2.82. The van der Waals surface area contributed by atoms with E-state index in [9.17, 15) is 9.59 Å². The summed E-state index contributed by atoms with van der Waals surface area (Å²) in [6.07, 6.45) is 0.418. The van der Waals surface area contributed by atoms with Gasteiger partial charge in [-0.1, -0.05) is 89.4 Å². The van der Waals surface area contributed by atoms with Gasteiger partial charge in [0.2, 0.25) is 11.8 Å². The number of hydrogen-bond donors (Lipinski definition) is 1. The summed E-state index contributed by atoms with van der Waals surface area (Å²) >= 11 is 14.1. The third kappa shape index (κ3) is 9.10. The maximum Gasteiger partial charge on any atom is 0.243 e. The lowest BCUT2D eigenvalue weighted by Gasteiger charge is -2.34. The Labute approximate surface area is 234 Å². The summed E-state index contributed by atoms with van der Waals surface area (Å²) in [5.74, 6) is 0.415. The molecule has 0 saturated heterocycles. The summed E-state index contributed by atoms with van der Waals surface area (Å²) in [5.41, 5.74) is 3.45. The summed E-state index contributed by atoms with van der Waals surface area (Å²) < 4.78 is 0. The zero-order chi connectivity index (χ0) is 27.0. The summed E-state index contributed by atoms with van der Waals surface area (Å²) in [5, 5.41) is 4.25. The second-order valence-electron chi connectivity index (χ2n) is 10.1. The Morgan fingerprint density at radius 1 is 0.919 bits per heavy atom. The number of amides is 2. The molecule has 0 unspecified atom stereocenters. The summed E-state index contributed by atoms with van der Waals surface area (Å²) in [6, 6.07) is 22.6. The van der Waals surface area contributed by atoms with Gasteiger partial charge in [-0.3, -0.25) is 9.59 Å². The molecule has 1 N–H and O–H groups in total. The predicted molar refractivity (Wildman–Crippen MR) is 156 cm³/mol. The van der Waals surface area contributed by atoms with Gasteiger partial charge in [0.15, 0.2) is 0 Å². The van der Waals surface area contributed by atoms with Crippen LogP contribution in [-0.2, 0) is 28.3 Å². The van der Waals surface area contributed by atoms with Crippen LogP contribution in [0.25, 0.3) is 0 Å². The van der Waals surface area contributed by atoms with E-state index >= 15 is 0 Å². The summed E-state index contributed by atoms with van der Waals surface area (Å²) in [6.45, 7) is 8.19. The Kier molecular flexibility index (Phi) is 10.5. The highest BCUT2D eigenvalue weighted by Crippen LogP contribution is 2.28. The number of nitrogens with zero attached hydrogens (tertiary/aromatic N) is 1. The number of carbonyl (C=O) groups is 2. The molecule has 196 valence electrons. The van der Waals surface area contributed by atoms with Crippen LogP contribution in [0, 0.1) is 6.92 Å². The predicted octanol–water partition coefficient (Wildman–Crippen LogP) is 7.09. The van der Waals surface area contributed by atoms with Gasteiger partial charge in [0.25, 0.3) is 0 Å². The van der Waals surface area contributed by atoms with E-state index in [4.69, 9.17) is 23.2 Å². The highest BCUT2D eigenvalue weighted by Gasteiger charge is 2.32. The van der Waals surface area contributed by atoms with Crippen LogP contribution in [0.4, 0.5) is 0 Å². The number of aryl methyl sites for hydroxylation is 1. The van der Waals surface area contributed by atoms with Crippen LogP contribution in [0.3, 0.4) is 0 Å². The van der Waals surface area contributed by atoms with Gasteiger partial charge >= 0.3 is 0 Å². The molecule has 37 heavy (non-hydrogen) atoms. The SMILES string of the molecule is Cc1cccc(CN(C(=O)CSCc2c(Cl)cccc2Cl)[C@H](Cc2ccccc2)C(=O)NC(C)(C)C)c1. The van der Waals surface area contributed by atoms with E-state index in [2.05, 4.69) is 11.4 Å². The lowest BCUT2D eigenvalue weighted by molar-refractivity contribution is -0.140. The van der Waals surface area contributed by atoms with Crippen LogP contribution < -0.4 is 5.32 Å². The van der Waals surface area contributed by atoms with Gasteiger partial charge in [-0.15, -0.1) is 11.8 Å². The average molecular weight is 558 g/mol. The highest BCUT2D eigenvalue weighted by molar-refractivity contribution is 7.99. The van der Waals surface area contributed by atoms with Gasteiger partial charge < -0.3 is 10.2 Å². The van der Waals surface area contributed by atoms with E-state index in [1.54, 1.807) is 23.1 Å². The topological polar surface area (TPSA) is 49.4 Å². The molecule has 1 atom stereocenters. The van der Waals surface area contributed by atoms with Crippen LogP contribution in [0.5, 0.6) is 0 Å². The van der Waals surface area contributed by atoms with Crippen molar-refractivity contribution in [2.45, 2.75) is 58.0 Å². The third-order valence-corrected chi connectivity index (χ3v) is 7.39. The molecule has 0 bridgehead atoms. The minimum atomic E-state index is -0.667. The van der Waals surface area contributed by atoms with Crippen molar-refractivity contribution in [3.8, 4) is 0 Å². The largest absolute Gasteiger partial charge is 0.350 e. The summed E-state index contributed by atoms with van der Waals surface area (Å²) in [7, 11) is 0. The number of nitrogens with one attached hydrogen (secondary N) is 1. The molecule has 0 aliphatic heterocycles. The van der Waals surface area contributed by atoms with Gasteiger partial charge in [-0.25, -0.2) is 0 Å². The van der Waals surface area contributed by atoms with Gasteiger partial charge in [-0.05, 0) is 56.5 Å². The molecular formula is C30H34Cl2N2O2S. The first-order valence-corrected chi connectivity index (χ1v) is 14.2. The van der Waals surface area contributed by atoms with Crippen molar-refractivity contribution in [2.24, 2.45) is 0 Å². The van der Waals surface area contributed by atoms with Crippen LogP contribution in [0.2, 0.25) is 10.0 Å². The van der Waals surface area contributed by atoms with Crippen LogP contribution in [0.1, 0.15) is 43.0 Å². The first kappa shape index (κ1) is 29.1. The lowest BCUT2D eigenvalue weighted by Crippen LogP contribution is -2.54. The zero-order valence-corrected chi connectivity index (χ0v) is 24.1. The van der Waals surface area contributed by atoms with E-state index in [-0.39, 0.29) is 17.6 Å². The maximum atomic E-state index is 13.8. The van der Waals surface area contributed by atoms with Crippen molar-refractivity contribution in [2.75, 3.05) is 5.75 Å². The quantitative estimate of drug-likeness (QED) is 0.290. The molecular weight excluding hydrogens is 523 g/mol. The van der Waals surface area contributed by atoms with Crippen molar-refractivity contribution in [1.82, 2.24) is 10.2 Å². The van der Waals surface area contributed by atoms with Crippen LogP contribution in [-0.4, -0.2) is 34.0 Å². The number of halogens is 2. The van der Waals surface area contributed by atoms with Crippen molar-refractivity contribution < 1.29 is 9.59 Å². The van der Waals surface area contributed by atoms with Crippen molar-refractivity contribution in [3.63, 3.8) is 0 Å². The van der Waals surface area contributed by atoms with Gasteiger partial charge in [0, 0.05) is 34.3 Å². The van der Waals surface area contributed by atoms with E-state index in [1.165, 1.54) is 11.8 Å². The molecule has 0 spiro atoms. The molecule has 7 heteroatoms. The fraction of sp³-hybridized carbons (Fsp3) is 0.333. The Bertz CT molecular complexity index is 1190. The molecule has 0 saturated carbocycles. The van der Waals surface area contributed by atoms with Gasteiger partial charge in [0.1, 0.15) is 6.04 Å². The van der Waals surface area contributed by atoms with Gasteiger partial charge in [-0.2, -0.15) is 0 Å². The zero-order valence-electron chi connectivity index (χ0n) is 21.8. The molecule has 3 aromatic carbocycles. The molecule has 0 aliphatic rings. The van der Waals surface area contributed by atoms with Crippen molar-refractivity contribution >= 4 is 46.8 Å². The number of rotatable bonds is 10. The highest BCUT2D eigenvalue weighted by atomic mass is 35.5. The molecule has 2 amide bonds. The molecule has 0 radical (unpaired) electrons. The minimum absolute atomic E-state index is 0.111. The molecule has 0 aliphatic carbocycles. The first-order valence-electron chi connectivity index (χ1n) is 12.2. The first-order chi connectivity index (χ1) is 17.5. The number of hydrogen-bond acceptors (Lipinski definition) is 3. The van der Waals surface area contributed by atoms with E-state index in [0.717, 1.165) is 22.3 Å². The molecule has 0 heterocycles. The second-order valence-corrected chi connectivity index (χ2v) is 11.9. The monoisotopic (exact) mass is 556 g/mol. The van der Waals surface area contributed by atoms with Crippen LogP contribution >= 0.6 is 35.0 Å². The summed E-state index contributed by atoms with van der Waals surface area (Å²) in [4.78, 5) is 29.1.